The van der Waals surface area contributed by atoms with Crippen LogP contribution in [0.1, 0.15) is 73.0 Å². The van der Waals surface area contributed by atoms with E-state index < -0.39 is 18.2 Å². The molecule has 3 atom stereocenters. The molecule has 2 heterocycles. The lowest BCUT2D eigenvalue weighted by molar-refractivity contribution is -0.142. The molecule has 0 saturated carbocycles. The minimum Gasteiger partial charge on any atom is -0.391 e. The van der Waals surface area contributed by atoms with Gasteiger partial charge in [0.15, 0.2) is 5.78 Å². The number of nitrogens with zero attached hydrogens (tertiary/aromatic N) is 2. The van der Waals surface area contributed by atoms with Crippen molar-refractivity contribution in [3.8, 4) is 0 Å². The summed E-state index contributed by atoms with van der Waals surface area (Å²) in [6, 6.07) is 14.5. The standard InChI is InChI=1S/C31H36N2O4/c1-20(2)29(33-18-24-9-5-6-10-26(24)30(33)36)31(37)32-19-25(34)17-27(32)28(35)16-13-21-11-14-23(15-12-21)22-7-3-4-8-22/h5-7,9-12,14-15,20,25,27,29,34H,3-4,8,13,16-19H2,1-2H3/t25-,27+,29+/m1/s1. The van der Waals surface area contributed by atoms with Gasteiger partial charge >= 0.3 is 0 Å². The molecule has 1 saturated heterocycles. The number of rotatable bonds is 8. The van der Waals surface area contributed by atoms with Crippen LogP contribution in [0, 0.1) is 5.92 Å². The highest BCUT2D eigenvalue weighted by Crippen LogP contribution is 2.31. The fraction of sp³-hybridized carbons (Fsp3) is 0.452. The second kappa shape index (κ2) is 10.6. The molecule has 2 amide bonds. The predicted octanol–water partition coefficient (Wildman–Crippen LogP) is 4.40. The number of carbonyl (C=O) groups is 3. The molecular formula is C31H36N2O4. The number of aryl methyl sites for hydroxylation is 1. The molecule has 2 aliphatic heterocycles. The van der Waals surface area contributed by atoms with Gasteiger partial charge in [0, 0.05) is 31.5 Å². The van der Waals surface area contributed by atoms with E-state index in [1.807, 2.05) is 32.0 Å². The van der Waals surface area contributed by atoms with Gasteiger partial charge in [-0.1, -0.05) is 62.4 Å². The second-order valence-corrected chi connectivity index (χ2v) is 11.0. The third kappa shape index (κ3) is 5.12. The van der Waals surface area contributed by atoms with Crippen molar-refractivity contribution in [1.82, 2.24) is 9.80 Å². The molecule has 2 aromatic rings. The van der Waals surface area contributed by atoms with E-state index in [4.69, 9.17) is 0 Å². The van der Waals surface area contributed by atoms with Crippen LogP contribution in [0.15, 0.2) is 54.6 Å². The number of amides is 2. The van der Waals surface area contributed by atoms with Crippen molar-refractivity contribution in [3.05, 3.63) is 76.9 Å². The van der Waals surface area contributed by atoms with Gasteiger partial charge in [-0.2, -0.15) is 0 Å². The van der Waals surface area contributed by atoms with Crippen LogP contribution in [0.3, 0.4) is 0 Å². The van der Waals surface area contributed by atoms with Crippen LogP contribution in [-0.2, 0) is 22.6 Å². The van der Waals surface area contributed by atoms with Crippen LogP contribution >= 0.6 is 0 Å². The van der Waals surface area contributed by atoms with Crippen LogP contribution in [0.25, 0.3) is 5.57 Å². The Morgan fingerprint density at radius 3 is 2.51 bits per heavy atom. The number of fused-ring (bicyclic) bond motifs is 1. The Bertz CT molecular complexity index is 1220. The summed E-state index contributed by atoms with van der Waals surface area (Å²) in [6.45, 7) is 4.35. The Balaban J connectivity index is 1.26. The molecule has 1 N–H and O–H groups in total. The highest BCUT2D eigenvalue weighted by Gasteiger charge is 2.45. The Morgan fingerprint density at radius 2 is 1.84 bits per heavy atom. The van der Waals surface area contributed by atoms with E-state index >= 15 is 0 Å². The number of hydrogen-bond donors (Lipinski definition) is 1. The Morgan fingerprint density at radius 1 is 1.08 bits per heavy atom. The zero-order valence-corrected chi connectivity index (χ0v) is 21.7. The third-order valence-electron chi connectivity index (χ3n) is 8.03. The van der Waals surface area contributed by atoms with Gasteiger partial charge in [-0.15, -0.1) is 0 Å². The smallest absolute Gasteiger partial charge is 0.255 e. The number of likely N-dealkylation sites (tertiary alicyclic amines) is 1. The maximum absolute atomic E-state index is 13.8. The molecule has 3 aliphatic rings. The highest BCUT2D eigenvalue weighted by atomic mass is 16.3. The zero-order valence-electron chi connectivity index (χ0n) is 21.7. The van der Waals surface area contributed by atoms with Crippen molar-refractivity contribution < 1.29 is 19.5 Å². The van der Waals surface area contributed by atoms with Crippen molar-refractivity contribution in [2.45, 2.75) is 77.1 Å². The number of aliphatic hydroxyl groups is 1. The third-order valence-corrected chi connectivity index (χ3v) is 8.03. The molecule has 0 bridgehead atoms. The lowest BCUT2D eigenvalue weighted by Gasteiger charge is -2.35. The summed E-state index contributed by atoms with van der Waals surface area (Å²) in [5.74, 6) is -0.568. The lowest BCUT2D eigenvalue weighted by Crippen LogP contribution is -2.54. The monoisotopic (exact) mass is 500 g/mol. The molecule has 6 heteroatoms. The molecule has 0 radical (unpaired) electrons. The van der Waals surface area contributed by atoms with E-state index in [1.54, 1.807) is 11.0 Å². The lowest BCUT2D eigenvalue weighted by atomic mass is 9.97. The molecule has 0 spiro atoms. The molecule has 6 nitrogen and oxygen atoms in total. The predicted molar refractivity (Wildman–Crippen MR) is 143 cm³/mol. The summed E-state index contributed by atoms with van der Waals surface area (Å²) >= 11 is 0. The number of benzene rings is 2. The van der Waals surface area contributed by atoms with Crippen molar-refractivity contribution in [1.29, 1.82) is 0 Å². The molecule has 2 aromatic carbocycles. The molecule has 1 aliphatic carbocycles. The van der Waals surface area contributed by atoms with Gasteiger partial charge in [0.2, 0.25) is 5.91 Å². The first-order valence-electron chi connectivity index (χ1n) is 13.5. The number of allylic oxidation sites excluding steroid dienone is 2. The fourth-order valence-corrected chi connectivity index (χ4v) is 6.07. The summed E-state index contributed by atoms with van der Waals surface area (Å²) in [5.41, 5.74) is 5.28. The van der Waals surface area contributed by atoms with Crippen molar-refractivity contribution in [2.75, 3.05) is 6.54 Å². The summed E-state index contributed by atoms with van der Waals surface area (Å²) < 4.78 is 0. The maximum Gasteiger partial charge on any atom is 0.255 e. The molecule has 5 rings (SSSR count). The van der Waals surface area contributed by atoms with Crippen molar-refractivity contribution >= 4 is 23.2 Å². The zero-order chi connectivity index (χ0) is 26.1. The van der Waals surface area contributed by atoms with Crippen LogP contribution in [0.4, 0.5) is 0 Å². The Kier molecular flexibility index (Phi) is 7.29. The van der Waals surface area contributed by atoms with Gasteiger partial charge in [0.25, 0.3) is 5.91 Å². The van der Waals surface area contributed by atoms with Gasteiger partial charge < -0.3 is 14.9 Å². The number of β-amino-alcohol motifs (C(OH)–C–C–N with tert-alkyl or cyclic N) is 1. The summed E-state index contributed by atoms with van der Waals surface area (Å²) in [5, 5.41) is 10.4. The number of aliphatic hydroxyl groups excluding tert-OH is 1. The minimum atomic E-state index is -0.740. The Labute approximate surface area is 219 Å². The topological polar surface area (TPSA) is 77.9 Å². The van der Waals surface area contributed by atoms with Gasteiger partial charge in [-0.3, -0.25) is 14.4 Å². The van der Waals surface area contributed by atoms with Crippen LogP contribution < -0.4 is 0 Å². The van der Waals surface area contributed by atoms with E-state index in [0.29, 0.717) is 24.9 Å². The summed E-state index contributed by atoms with van der Waals surface area (Å²) in [7, 11) is 0. The van der Waals surface area contributed by atoms with Crippen molar-refractivity contribution in [2.24, 2.45) is 5.92 Å². The van der Waals surface area contributed by atoms with Gasteiger partial charge in [0.1, 0.15) is 6.04 Å². The average Bonchev–Trinajstić information content (AvgIpc) is 3.63. The minimum absolute atomic E-state index is 0.0361. The van der Waals surface area contributed by atoms with E-state index in [2.05, 4.69) is 30.3 Å². The van der Waals surface area contributed by atoms with Crippen LogP contribution in [0.5, 0.6) is 0 Å². The summed E-state index contributed by atoms with van der Waals surface area (Å²) in [4.78, 5) is 43.5. The molecule has 1 fully saturated rings. The largest absolute Gasteiger partial charge is 0.391 e. The molecule has 37 heavy (non-hydrogen) atoms. The second-order valence-electron chi connectivity index (χ2n) is 11.0. The summed E-state index contributed by atoms with van der Waals surface area (Å²) in [6.07, 6.45) is 6.19. The van der Waals surface area contributed by atoms with Crippen molar-refractivity contribution in [3.63, 3.8) is 0 Å². The molecular weight excluding hydrogens is 464 g/mol. The first-order valence-corrected chi connectivity index (χ1v) is 13.5. The molecule has 0 unspecified atom stereocenters. The van der Waals surface area contributed by atoms with Crippen LogP contribution in [0.2, 0.25) is 0 Å². The normalized spacial score (nSPS) is 21.9. The number of ketones is 1. The first kappa shape index (κ1) is 25.4. The number of hydrogen-bond acceptors (Lipinski definition) is 4. The maximum atomic E-state index is 13.8. The van der Waals surface area contributed by atoms with E-state index in [1.165, 1.54) is 22.5 Å². The van der Waals surface area contributed by atoms with E-state index in [-0.39, 0.29) is 36.5 Å². The Hall–Kier alpha value is -3.25. The number of Topliss-reactive ketones (excluding diaryl/α,β-unsaturated/α-hetero) is 1. The van der Waals surface area contributed by atoms with Gasteiger partial charge in [-0.05, 0) is 59.9 Å². The quantitative estimate of drug-likeness (QED) is 0.583. The molecule has 194 valence electrons. The fourth-order valence-electron chi connectivity index (χ4n) is 6.07. The van der Waals surface area contributed by atoms with E-state index in [0.717, 1.165) is 24.0 Å². The van der Waals surface area contributed by atoms with Crippen LogP contribution in [-0.4, -0.2) is 57.2 Å². The average molecular weight is 501 g/mol. The SMILES string of the molecule is CC(C)[C@@H](C(=O)N1C[C@H](O)C[C@H]1C(=O)CCc1ccc(C2=CCCC2)cc1)N1Cc2ccccc2C1=O. The van der Waals surface area contributed by atoms with E-state index in [9.17, 15) is 19.5 Å². The van der Waals surface area contributed by atoms with Gasteiger partial charge in [-0.25, -0.2) is 0 Å². The molecule has 0 aromatic heterocycles. The first-order chi connectivity index (χ1) is 17.8. The highest BCUT2D eigenvalue weighted by molar-refractivity contribution is 6.01. The van der Waals surface area contributed by atoms with Gasteiger partial charge in [0.05, 0.1) is 12.1 Å². The number of carbonyl (C=O) groups excluding carboxylic acids is 3.